The fraction of sp³-hybridized carbons (Fsp3) is 0.417. The van der Waals surface area contributed by atoms with Gasteiger partial charge in [-0.3, -0.25) is 9.36 Å². The third-order valence-corrected chi connectivity index (χ3v) is 2.89. The molecular formula is C12H17O6P. The van der Waals surface area contributed by atoms with Crippen LogP contribution in [-0.2, 0) is 18.6 Å². The lowest BCUT2D eigenvalue weighted by molar-refractivity contribution is -0.145. The molecule has 2 atom stereocenters. The topological polar surface area (TPSA) is 93.1 Å². The Morgan fingerprint density at radius 1 is 1.37 bits per heavy atom. The van der Waals surface area contributed by atoms with Crippen LogP contribution in [0.4, 0.5) is 0 Å². The minimum atomic E-state index is -3.74. The van der Waals surface area contributed by atoms with E-state index < -0.39 is 19.7 Å². The number of aromatic hydroxyl groups is 1. The lowest BCUT2D eigenvalue weighted by Crippen LogP contribution is -2.12. The summed E-state index contributed by atoms with van der Waals surface area (Å²) < 4.78 is 21.1. The van der Waals surface area contributed by atoms with Gasteiger partial charge in [0.05, 0.1) is 13.0 Å². The minimum Gasteiger partial charge on any atom is -0.508 e. The summed E-state index contributed by atoms with van der Waals surface area (Å²) in [5.41, 5.74) is 0.516. The summed E-state index contributed by atoms with van der Waals surface area (Å²) in [4.78, 5) is 20.7. The molecule has 0 radical (unpaired) electrons. The predicted octanol–water partition coefficient (Wildman–Crippen LogP) is 2.22. The Bertz CT molecular complexity index is 464. The number of phenolic OH excluding ortho intramolecular Hbond substituents is 1. The van der Waals surface area contributed by atoms with Gasteiger partial charge in [0.25, 0.3) is 0 Å². The van der Waals surface area contributed by atoms with Crippen LogP contribution in [0.1, 0.15) is 25.0 Å². The van der Waals surface area contributed by atoms with E-state index >= 15 is 0 Å². The van der Waals surface area contributed by atoms with E-state index in [1.54, 1.807) is 6.92 Å². The molecule has 6 nitrogen and oxygen atoms in total. The normalized spacial score (nSPS) is 15.5. The summed E-state index contributed by atoms with van der Waals surface area (Å²) in [5.74, 6) is -0.462. The third-order valence-electron chi connectivity index (χ3n) is 2.25. The maximum atomic E-state index is 11.5. The number of ether oxygens (including phenoxy) is 1. The number of carbonyl (C=O) groups excluding carboxylic acids is 1. The second-order valence-electron chi connectivity index (χ2n) is 4.00. The molecule has 0 aromatic heterocycles. The van der Waals surface area contributed by atoms with Gasteiger partial charge in [0.1, 0.15) is 11.9 Å². The summed E-state index contributed by atoms with van der Waals surface area (Å²) in [6.45, 7) is 2.95. The molecule has 0 aliphatic heterocycles. The first-order chi connectivity index (χ1) is 8.81. The number of carbonyl (C=O) groups is 1. The van der Waals surface area contributed by atoms with Gasteiger partial charge in [0, 0.05) is 6.66 Å². The van der Waals surface area contributed by atoms with Crippen LogP contribution in [0.25, 0.3) is 0 Å². The van der Waals surface area contributed by atoms with Crippen molar-refractivity contribution in [3.63, 3.8) is 0 Å². The zero-order chi connectivity index (χ0) is 14.5. The van der Waals surface area contributed by atoms with Gasteiger partial charge in [-0.1, -0.05) is 12.1 Å². The Balaban J connectivity index is 2.88. The maximum absolute atomic E-state index is 11.5. The zero-order valence-electron chi connectivity index (χ0n) is 10.8. The van der Waals surface area contributed by atoms with E-state index in [4.69, 9.17) is 9.26 Å². The van der Waals surface area contributed by atoms with E-state index in [0.717, 1.165) is 6.66 Å². The van der Waals surface area contributed by atoms with Crippen LogP contribution in [0.2, 0.25) is 0 Å². The van der Waals surface area contributed by atoms with Crippen molar-refractivity contribution < 1.29 is 28.6 Å². The van der Waals surface area contributed by atoms with Gasteiger partial charge < -0.3 is 19.3 Å². The van der Waals surface area contributed by atoms with Gasteiger partial charge >= 0.3 is 13.6 Å². The van der Waals surface area contributed by atoms with Crippen LogP contribution in [-0.4, -0.2) is 29.2 Å². The number of phenols is 1. The standard InChI is InChI=1S/C12H17O6P/c1-3-17-12(14)8-11(18-19(2,15)16)9-4-6-10(13)7-5-9/h4-7,11,13H,3,8H2,1-2H3,(H,15,16). The first-order valence-corrected chi connectivity index (χ1v) is 7.77. The first-order valence-electron chi connectivity index (χ1n) is 5.75. The molecule has 106 valence electrons. The van der Waals surface area contributed by atoms with Crippen LogP contribution in [0.5, 0.6) is 5.75 Å². The van der Waals surface area contributed by atoms with Gasteiger partial charge in [-0.25, -0.2) is 0 Å². The van der Waals surface area contributed by atoms with E-state index in [2.05, 4.69) is 0 Å². The molecule has 0 amide bonds. The van der Waals surface area contributed by atoms with Crippen LogP contribution in [0.3, 0.4) is 0 Å². The molecule has 1 rings (SSSR count). The van der Waals surface area contributed by atoms with Crippen molar-refractivity contribution in [2.75, 3.05) is 13.3 Å². The van der Waals surface area contributed by atoms with Crippen LogP contribution in [0.15, 0.2) is 24.3 Å². The first kappa shape index (κ1) is 15.7. The van der Waals surface area contributed by atoms with Gasteiger partial charge in [0.2, 0.25) is 0 Å². The molecule has 0 aliphatic rings. The summed E-state index contributed by atoms with van der Waals surface area (Å²) >= 11 is 0. The molecule has 19 heavy (non-hydrogen) atoms. The van der Waals surface area contributed by atoms with Gasteiger partial charge in [-0.05, 0) is 24.6 Å². The van der Waals surface area contributed by atoms with Crippen molar-refractivity contribution in [3.05, 3.63) is 29.8 Å². The molecule has 0 spiro atoms. The summed E-state index contributed by atoms with van der Waals surface area (Å²) in [7, 11) is -3.74. The lowest BCUT2D eigenvalue weighted by Gasteiger charge is -2.19. The molecule has 1 aromatic rings. The highest BCUT2D eigenvalue weighted by Crippen LogP contribution is 2.44. The Kier molecular flexibility index (Phi) is 5.54. The van der Waals surface area contributed by atoms with E-state index in [-0.39, 0.29) is 18.8 Å². The van der Waals surface area contributed by atoms with E-state index in [0.29, 0.717) is 5.56 Å². The molecule has 0 saturated carbocycles. The quantitative estimate of drug-likeness (QED) is 0.616. The monoisotopic (exact) mass is 288 g/mol. The zero-order valence-corrected chi connectivity index (χ0v) is 11.7. The van der Waals surface area contributed by atoms with Crippen molar-refractivity contribution in [1.29, 1.82) is 0 Å². The van der Waals surface area contributed by atoms with Crippen molar-refractivity contribution >= 4 is 13.6 Å². The molecule has 2 unspecified atom stereocenters. The number of hydrogen-bond donors (Lipinski definition) is 2. The average molecular weight is 288 g/mol. The maximum Gasteiger partial charge on any atom is 0.325 e. The minimum absolute atomic E-state index is 0.0577. The molecule has 0 aliphatic carbocycles. The molecule has 2 N–H and O–H groups in total. The van der Waals surface area contributed by atoms with Crippen molar-refractivity contribution in [3.8, 4) is 5.75 Å². The number of esters is 1. The lowest BCUT2D eigenvalue weighted by atomic mass is 10.1. The molecule has 1 aromatic carbocycles. The molecule has 0 saturated heterocycles. The smallest absolute Gasteiger partial charge is 0.325 e. The Morgan fingerprint density at radius 3 is 2.42 bits per heavy atom. The van der Waals surface area contributed by atoms with Crippen LogP contribution in [0, 0.1) is 0 Å². The Hall–Kier alpha value is -1.36. The van der Waals surface area contributed by atoms with Crippen molar-refractivity contribution in [2.45, 2.75) is 19.4 Å². The second kappa shape index (κ2) is 6.70. The molecule has 7 heteroatoms. The van der Waals surface area contributed by atoms with Crippen LogP contribution < -0.4 is 0 Å². The SMILES string of the molecule is CCOC(=O)CC(OP(C)(=O)O)c1ccc(O)cc1. The third kappa shape index (κ3) is 5.87. The van der Waals surface area contributed by atoms with Gasteiger partial charge in [-0.2, -0.15) is 0 Å². The average Bonchev–Trinajstić information content (AvgIpc) is 2.27. The Labute approximate surface area is 111 Å². The fourth-order valence-corrected chi connectivity index (χ4v) is 2.18. The molecule has 0 heterocycles. The summed E-state index contributed by atoms with van der Waals surface area (Å²) in [6, 6.07) is 5.87. The van der Waals surface area contributed by atoms with E-state index in [9.17, 15) is 19.4 Å². The van der Waals surface area contributed by atoms with E-state index in [1.807, 2.05) is 0 Å². The Morgan fingerprint density at radius 2 is 1.95 bits per heavy atom. The summed E-state index contributed by atoms with van der Waals surface area (Å²) in [6.07, 6.45) is -1.06. The number of rotatable bonds is 6. The van der Waals surface area contributed by atoms with Crippen molar-refractivity contribution in [1.82, 2.24) is 0 Å². The van der Waals surface area contributed by atoms with Gasteiger partial charge in [-0.15, -0.1) is 0 Å². The largest absolute Gasteiger partial charge is 0.508 e. The number of hydrogen-bond acceptors (Lipinski definition) is 5. The molecule has 0 bridgehead atoms. The van der Waals surface area contributed by atoms with Gasteiger partial charge in [0.15, 0.2) is 0 Å². The van der Waals surface area contributed by atoms with E-state index in [1.165, 1.54) is 24.3 Å². The highest BCUT2D eigenvalue weighted by molar-refractivity contribution is 7.51. The molecular weight excluding hydrogens is 271 g/mol. The molecule has 0 fully saturated rings. The second-order valence-corrected chi connectivity index (χ2v) is 5.81. The predicted molar refractivity (Wildman–Crippen MR) is 68.9 cm³/mol. The summed E-state index contributed by atoms with van der Waals surface area (Å²) in [5, 5.41) is 9.20. The highest BCUT2D eigenvalue weighted by Gasteiger charge is 2.24. The highest BCUT2D eigenvalue weighted by atomic mass is 31.2. The van der Waals surface area contributed by atoms with Crippen LogP contribution >= 0.6 is 7.60 Å². The number of benzene rings is 1. The van der Waals surface area contributed by atoms with Crippen molar-refractivity contribution in [2.24, 2.45) is 0 Å². The fourth-order valence-electron chi connectivity index (χ4n) is 1.51.